The third-order valence-corrected chi connectivity index (χ3v) is 10.8. The van der Waals surface area contributed by atoms with Crippen molar-refractivity contribution < 1.29 is 29.6 Å². The van der Waals surface area contributed by atoms with Crippen LogP contribution < -0.4 is 0 Å². The van der Waals surface area contributed by atoms with Crippen LogP contribution in [-0.2, 0) is 9.47 Å². The summed E-state index contributed by atoms with van der Waals surface area (Å²) >= 11 is 0. The summed E-state index contributed by atoms with van der Waals surface area (Å²) in [5.41, 5.74) is -1.02. The molecule has 1 aromatic carbocycles. The van der Waals surface area contributed by atoms with E-state index in [1.807, 2.05) is 19.9 Å². The van der Waals surface area contributed by atoms with Crippen molar-refractivity contribution in [2.75, 3.05) is 6.61 Å². The molecule has 0 amide bonds. The molecule has 10 atom stereocenters. The van der Waals surface area contributed by atoms with Crippen LogP contribution in [0.15, 0.2) is 41.5 Å². The maximum absolute atomic E-state index is 13.7. The van der Waals surface area contributed by atoms with Gasteiger partial charge in [-0.3, -0.25) is 0 Å². The van der Waals surface area contributed by atoms with Crippen LogP contribution in [-0.4, -0.2) is 57.9 Å². The van der Waals surface area contributed by atoms with Gasteiger partial charge in [0.2, 0.25) is 0 Å². The summed E-state index contributed by atoms with van der Waals surface area (Å²) in [5.74, 6) is -1.06. The van der Waals surface area contributed by atoms with Gasteiger partial charge < -0.3 is 24.8 Å². The summed E-state index contributed by atoms with van der Waals surface area (Å²) in [6.07, 6.45) is -1.66. The summed E-state index contributed by atoms with van der Waals surface area (Å²) < 4.78 is 12.5. The van der Waals surface area contributed by atoms with Gasteiger partial charge in [0, 0.05) is 29.1 Å². The van der Waals surface area contributed by atoms with Crippen molar-refractivity contribution in [2.45, 2.75) is 91.3 Å². The summed E-state index contributed by atoms with van der Waals surface area (Å²) in [4.78, 5) is 13.7. The zero-order valence-corrected chi connectivity index (χ0v) is 22.6. The average Bonchev–Trinajstić information content (AvgIpc) is 3.07. The Hall–Kier alpha value is -1.73. The summed E-state index contributed by atoms with van der Waals surface area (Å²) in [6, 6.07) is 8.93. The van der Waals surface area contributed by atoms with E-state index >= 15 is 0 Å². The van der Waals surface area contributed by atoms with E-state index in [1.165, 1.54) is 0 Å². The van der Waals surface area contributed by atoms with Crippen LogP contribution in [0.3, 0.4) is 0 Å². The van der Waals surface area contributed by atoms with Gasteiger partial charge in [0.1, 0.15) is 6.10 Å². The molecule has 0 bridgehead atoms. The first-order valence-electron chi connectivity index (χ1n) is 13.4. The quantitative estimate of drug-likeness (QED) is 0.428. The molecule has 3 aliphatic carbocycles. The third-order valence-electron chi connectivity index (χ3n) is 10.8. The number of benzene rings is 1. The van der Waals surface area contributed by atoms with Crippen molar-refractivity contribution in [3.63, 3.8) is 0 Å². The molecule has 6 nitrogen and oxygen atoms in total. The van der Waals surface area contributed by atoms with Crippen molar-refractivity contribution in [1.29, 1.82) is 0 Å². The second kappa shape index (κ2) is 8.13. The zero-order valence-electron chi connectivity index (χ0n) is 22.6. The fourth-order valence-electron chi connectivity index (χ4n) is 8.75. The highest BCUT2D eigenvalue weighted by atomic mass is 16.5. The van der Waals surface area contributed by atoms with Crippen LogP contribution in [0.1, 0.15) is 71.7 Å². The Morgan fingerprint density at radius 2 is 1.78 bits per heavy atom. The lowest BCUT2D eigenvalue weighted by Crippen LogP contribution is -2.73. The predicted octanol–water partition coefficient (Wildman–Crippen LogP) is 4.13. The molecule has 0 spiro atoms. The van der Waals surface area contributed by atoms with Gasteiger partial charge in [0.15, 0.2) is 0 Å². The SMILES string of the molecule is CC1=C2[C@@H](C)[C@H](O)[C@@]3(C)[C@H]([C@H](OC(=O)c4ccccc4)[C@]2(C(C)(C)O)C[C@@H]1C)[C@]1(C)CO[C@@H]1C[C@@H]3O. The normalized spacial score (nSPS) is 46.2. The lowest BCUT2D eigenvalue weighted by molar-refractivity contribution is -0.317. The maximum atomic E-state index is 13.7. The van der Waals surface area contributed by atoms with Crippen LogP contribution in [0.25, 0.3) is 0 Å². The van der Waals surface area contributed by atoms with E-state index in [4.69, 9.17) is 9.47 Å². The monoisotopic (exact) mass is 498 g/mol. The standard InChI is InChI=1S/C30H42O6/c1-16-14-30(27(4,5)34)22(17(16)2)18(3)24(32)29(7)20(31)13-21-28(6,15-35-21)23(29)25(30)36-26(33)19-11-9-8-10-12-19/h8-12,16,18,20-21,23-25,31-32,34H,13-15H2,1-7H3/t16-,18+,20-,21+,23+,24-,25-,28+,29+,30-/m0/s1. The summed E-state index contributed by atoms with van der Waals surface area (Å²) in [7, 11) is 0. The molecule has 1 heterocycles. The number of carbonyl (C=O) groups is 1. The molecular weight excluding hydrogens is 456 g/mol. The fraction of sp³-hybridized carbons (Fsp3) is 0.700. The molecule has 1 aliphatic heterocycles. The molecule has 0 radical (unpaired) electrons. The van der Waals surface area contributed by atoms with E-state index < -0.39 is 52.0 Å². The van der Waals surface area contributed by atoms with Gasteiger partial charge in [-0.15, -0.1) is 0 Å². The Kier molecular flexibility index (Phi) is 5.85. The number of ether oxygens (including phenoxy) is 2. The predicted molar refractivity (Wildman–Crippen MR) is 136 cm³/mol. The topological polar surface area (TPSA) is 96.2 Å². The number of esters is 1. The first kappa shape index (κ1) is 25.9. The Balaban J connectivity index is 1.80. The first-order chi connectivity index (χ1) is 16.7. The highest BCUT2D eigenvalue weighted by Gasteiger charge is 2.75. The molecule has 0 aromatic heterocycles. The van der Waals surface area contributed by atoms with E-state index in [0.29, 0.717) is 25.0 Å². The van der Waals surface area contributed by atoms with Crippen LogP contribution in [0.4, 0.5) is 0 Å². The highest BCUT2D eigenvalue weighted by Crippen LogP contribution is 2.70. The van der Waals surface area contributed by atoms with Crippen LogP contribution in [0.2, 0.25) is 0 Å². The minimum atomic E-state index is -1.26. The molecule has 0 unspecified atom stereocenters. The molecule has 1 aromatic rings. The Morgan fingerprint density at radius 3 is 2.33 bits per heavy atom. The van der Waals surface area contributed by atoms with Gasteiger partial charge in [-0.25, -0.2) is 4.79 Å². The molecule has 2 saturated carbocycles. The second-order valence-corrected chi connectivity index (χ2v) is 13.1. The van der Waals surface area contributed by atoms with Gasteiger partial charge in [0.05, 0.1) is 41.5 Å². The number of hydrogen-bond donors (Lipinski definition) is 3. The van der Waals surface area contributed by atoms with E-state index in [0.717, 1.165) is 11.1 Å². The maximum Gasteiger partial charge on any atom is 0.338 e. The molecule has 6 heteroatoms. The van der Waals surface area contributed by atoms with Gasteiger partial charge >= 0.3 is 5.97 Å². The number of aliphatic hydroxyl groups excluding tert-OH is 2. The number of aliphatic hydroxyl groups is 3. The first-order valence-corrected chi connectivity index (χ1v) is 13.4. The minimum Gasteiger partial charge on any atom is -0.457 e. The van der Waals surface area contributed by atoms with E-state index in [9.17, 15) is 20.1 Å². The minimum absolute atomic E-state index is 0.151. The molecule has 1 saturated heterocycles. The van der Waals surface area contributed by atoms with E-state index in [2.05, 4.69) is 20.8 Å². The van der Waals surface area contributed by atoms with Crippen LogP contribution in [0, 0.1) is 34.0 Å². The number of carbonyl (C=O) groups excluding carboxylic acids is 1. The van der Waals surface area contributed by atoms with Crippen LogP contribution >= 0.6 is 0 Å². The molecular formula is C30H42O6. The zero-order chi connectivity index (χ0) is 26.4. The van der Waals surface area contributed by atoms with Crippen molar-refractivity contribution in [2.24, 2.45) is 34.0 Å². The number of allylic oxidation sites excluding steroid dienone is 1. The van der Waals surface area contributed by atoms with E-state index in [1.54, 1.807) is 38.1 Å². The third kappa shape index (κ3) is 3.14. The lowest BCUT2D eigenvalue weighted by atomic mass is 9.46. The largest absolute Gasteiger partial charge is 0.457 e. The van der Waals surface area contributed by atoms with Gasteiger partial charge in [-0.05, 0) is 45.2 Å². The average molecular weight is 499 g/mol. The second-order valence-electron chi connectivity index (χ2n) is 13.1. The fourth-order valence-corrected chi connectivity index (χ4v) is 8.75. The number of hydrogen-bond acceptors (Lipinski definition) is 6. The lowest BCUT2D eigenvalue weighted by Gasteiger charge is -2.66. The van der Waals surface area contributed by atoms with Gasteiger partial charge in [0.25, 0.3) is 0 Å². The number of fused-ring (bicyclic) bond motifs is 4. The van der Waals surface area contributed by atoms with Crippen molar-refractivity contribution in [3.05, 3.63) is 47.0 Å². The Bertz CT molecular complexity index is 1070. The number of rotatable bonds is 3. The molecule has 3 fully saturated rings. The molecule has 5 rings (SSSR count). The van der Waals surface area contributed by atoms with Crippen molar-refractivity contribution >= 4 is 5.97 Å². The summed E-state index contributed by atoms with van der Waals surface area (Å²) in [5, 5.41) is 35.7. The Morgan fingerprint density at radius 1 is 1.14 bits per heavy atom. The van der Waals surface area contributed by atoms with Gasteiger partial charge in [-0.1, -0.05) is 57.0 Å². The highest BCUT2D eigenvalue weighted by molar-refractivity contribution is 5.89. The molecule has 3 N–H and O–H groups in total. The molecule has 4 aliphatic rings. The van der Waals surface area contributed by atoms with Gasteiger partial charge in [-0.2, -0.15) is 0 Å². The summed E-state index contributed by atoms with van der Waals surface area (Å²) in [6.45, 7) is 14.4. The van der Waals surface area contributed by atoms with Crippen molar-refractivity contribution in [3.8, 4) is 0 Å². The smallest absolute Gasteiger partial charge is 0.338 e. The van der Waals surface area contributed by atoms with Crippen LogP contribution in [0.5, 0.6) is 0 Å². The van der Waals surface area contributed by atoms with Crippen molar-refractivity contribution in [1.82, 2.24) is 0 Å². The Labute approximate surface area is 214 Å². The molecule has 36 heavy (non-hydrogen) atoms. The van der Waals surface area contributed by atoms with E-state index in [-0.39, 0.29) is 17.9 Å². The molecule has 198 valence electrons.